The van der Waals surface area contributed by atoms with E-state index >= 15 is 0 Å². The number of nitro groups is 1. The van der Waals surface area contributed by atoms with Crippen LogP contribution in [0, 0.1) is 10.1 Å². The molecule has 1 amide bonds. The molecule has 3 aromatic carbocycles. The van der Waals surface area contributed by atoms with Crippen LogP contribution in [-0.2, 0) is 16.0 Å². The lowest BCUT2D eigenvalue weighted by atomic mass is 9.85. The first kappa shape index (κ1) is 20.7. The fourth-order valence-electron chi connectivity index (χ4n) is 3.38. The maximum absolute atomic E-state index is 12.6. The van der Waals surface area contributed by atoms with Crippen molar-refractivity contribution in [1.29, 1.82) is 0 Å². The van der Waals surface area contributed by atoms with Crippen molar-refractivity contribution in [1.82, 2.24) is 5.32 Å². The molecule has 0 aliphatic rings. The molecule has 7 nitrogen and oxygen atoms in total. The highest BCUT2D eigenvalue weighted by molar-refractivity contribution is 5.86. The molecule has 0 aliphatic heterocycles. The molecule has 0 heterocycles. The Hall–Kier alpha value is -4.00. The molecule has 0 bridgehead atoms. The summed E-state index contributed by atoms with van der Waals surface area (Å²) in [6, 6.07) is 22.7. The highest BCUT2D eigenvalue weighted by atomic mass is 16.6. The summed E-state index contributed by atoms with van der Waals surface area (Å²) < 4.78 is 0. The molecule has 0 aliphatic carbocycles. The maximum atomic E-state index is 12.6. The number of hydrogen-bond acceptors (Lipinski definition) is 4. The van der Waals surface area contributed by atoms with Gasteiger partial charge in [-0.15, -0.1) is 0 Å². The van der Waals surface area contributed by atoms with Crippen molar-refractivity contribution < 1.29 is 19.6 Å². The molecule has 1 atom stereocenters. The van der Waals surface area contributed by atoms with Gasteiger partial charge in [-0.3, -0.25) is 14.9 Å². The van der Waals surface area contributed by atoms with Gasteiger partial charge < -0.3 is 10.4 Å². The van der Waals surface area contributed by atoms with E-state index in [1.54, 1.807) is 6.07 Å². The summed E-state index contributed by atoms with van der Waals surface area (Å²) >= 11 is 0. The third-order valence-electron chi connectivity index (χ3n) is 4.72. The van der Waals surface area contributed by atoms with Gasteiger partial charge >= 0.3 is 5.97 Å². The summed E-state index contributed by atoms with van der Waals surface area (Å²) in [5.41, 5.74) is 1.82. The Morgan fingerprint density at radius 1 is 0.900 bits per heavy atom. The van der Waals surface area contributed by atoms with Crippen molar-refractivity contribution in [3.05, 3.63) is 112 Å². The molecule has 30 heavy (non-hydrogen) atoms. The average Bonchev–Trinajstić information content (AvgIpc) is 2.75. The monoisotopic (exact) mass is 404 g/mol. The van der Waals surface area contributed by atoms with E-state index in [9.17, 15) is 24.8 Å². The van der Waals surface area contributed by atoms with Crippen LogP contribution in [0.2, 0.25) is 0 Å². The van der Waals surface area contributed by atoms with E-state index < -0.39 is 28.8 Å². The standard InChI is InChI=1S/C23H20N2O5/c26-20(15-16-8-7-13-19(14-16)25(29)30)24-22(23(27)28)21(17-9-3-1-4-10-17)18-11-5-2-6-12-18/h1-14,21-22H,15H2,(H,24,26)(H,27,28)/t22-/m1/s1. The number of nitrogens with one attached hydrogen (secondary N) is 1. The van der Waals surface area contributed by atoms with Gasteiger partial charge in [0, 0.05) is 18.1 Å². The van der Waals surface area contributed by atoms with Gasteiger partial charge in [-0.2, -0.15) is 0 Å². The van der Waals surface area contributed by atoms with E-state index in [1.165, 1.54) is 18.2 Å². The number of carbonyl (C=O) groups excluding carboxylic acids is 1. The van der Waals surface area contributed by atoms with Gasteiger partial charge in [-0.25, -0.2) is 4.79 Å². The van der Waals surface area contributed by atoms with Gasteiger partial charge in [0.1, 0.15) is 6.04 Å². The number of carboxylic acids is 1. The number of nitro benzene ring substituents is 1. The lowest BCUT2D eigenvalue weighted by Gasteiger charge is -2.26. The number of hydrogen-bond donors (Lipinski definition) is 2. The van der Waals surface area contributed by atoms with Gasteiger partial charge in [0.25, 0.3) is 5.69 Å². The van der Waals surface area contributed by atoms with Crippen molar-refractivity contribution in [2.24, 2.45) is 0 Å². The Labute approximate surface area is 173 Å². The third kappa shape index (κ3) is 5.08. The molecule has 0 aromatic heterocycles. The van der Waals surface area contributed by atoms with Crippen LogP contribution in [0.15, 0.2) is 84.9 Å². The fraction of sp³-hybridized carbons (Fsp3) is 0.130. The largest absolute Gasteiger partial charge is 0.480 e. The fourth-order valence-corrected chi connectivity index (χ4v) is 3.38. The highest BCUT2D eigenvalue weighted by Gasteiger charge is 2.32. The molecule has 0 spiro atoms. The van der Waals surface area contributed by atoms with Crippen LogP contribution in [-0.4, -0.2) is 27.9 Å². The number of aliphatic carboxylic acids is 1. The van der Waals surface area contributed by atoms with Gasteiger partial charge in [0.15, 0.2) is 0 Å². The molecule has 0 radical (unpaired) electrons. The SMILES string of the molecule is O=C(Cc1cccc([N+](=O)[O-])c1)N[C@@H](C(=O)O)C(c1ccccc1)c1ccccc1. The van der Waals surface area contributed by atoms with Crippen LogP contribution in [0.4, 0.5) is 5.69 Å². The quantitative estimate of drug-likeness (QED) is 0.441. The first-order chi connectivity index (χ1) is 14.5. The number of nitrogens with zero attached hydrogens (tertiary/aromatic N) is 1. The molecular formula is C23H20N2O5. The molecular weight excluding hydrogens is 384 g/mol. The van der Waals surface area contributed by atoms with E-state index in [-0.39, 0.29) is 12.1 Å². The normalized spacial score (nSPS) is 11.6. The van der Waals surface area contributed by atoms with Gasteiger partial charge in [0.2, 0.25) is 5.91 Å². The summed E-state index contributed by atoms with van der Waals surface area (Å²) in [5, 5.41) is 23.4. The lowest BCUT2D eigenvalue weighted by molar-refractivity contribution is -0.384. The lowest BCUT2D eigenvalue weighted by Crippen LogP contribution is -2.46. The second kappa shape index (κ2) is 9.47. The minimum absolute atomic E-state index is 0.124. The van der Waals surface area contributed by atoms with Gasteiger partial charge in [-0.05, 0) is 16.7 Å². The van der Waals surface area contributed by atoms with E-state index in [0.29, 0.717) is 5.56 Å². The molecule has 7 heteroatoms. The predicted octanol–water partition coefficient (Wildman–Crippen LogP) is 3.54. The zero-order valence-corrected chi connectivity index (χ0v) is 16.0. The summed E-state index contributed by atoms with van der Waals surface area (Å²) in [5.74, 6) is -2.29. The van der Waals surface area contributed by atoms with Crippen molar-refractivity contribution in [2.45, 2.75) is 18.4 Å². The zero-order chi connectivity index (χ0) is 21.5. The van der Waals surface area contributed by atoms with Crippen molar-refractivity contribution in [2.75, 3.05) is 0 Å². The molecule has 3 aromatic rings. The Morgan fingerprint density at radius 3 is 1.97 bits per heavy atom. The highest BCUT2D eigenvalue weighted by Crippen LogP contribution is 2.28. The Morgan fingerprint density at radius 2 is 1.47 bits per heavy atom. The minimum Gasteiger partial charge on any atom is -0.480 e. The zero-order valence-electron chi connectivity index (χ0n) is 16.0. The van der Waals surface area contributed by atoms with Crippen molar-refractivity contribution in [3.63, 3.8) is 0 Å². The van der Waals surface area contributed by atoms with Gasteiger partial charge in [0.05, 0.1) is 11.3 Å². The van der Waals surface area contributed by atoms with E-state index in [0.717, 1.165) is 11.1 Å². The number of non-ortho nitro benzene ring substituents is 1. The van der Waals surface area contributed by atoms with E-state index in [1.807, 2.05) is 60.7 Å². The number of carbonyl (C=O) groups is 2. The molecule has 0 saturated carbocycles. The molecule has 152 valence electrons. The number of rotatable bonds is 8. The van der Waals surface area contributed by atoms with Crippen LogP contribution < -0.4 is 5.32 Å². The third-order valence-corrected chi connectivity index (χ3v) is 4.72. The second-order valence-corrected chi connectivity index (χ2v) is 6.79. The maximum Gasteiger partial charge on any atom is 0.327 e. The van der Waals surface area contributed by atoms with E-state index in [4.69, 9.17) is 0 Å². The smallest absolute Gasteiger partial charge is 0.327 e. The first-order valence-electron chi connectivity index (χ1n) is 9.31. The van der Waals surface area contributed by atoms with Crippen LogP contribution in [0.5, 0.6) is 0 Å². The summed E-state index contributed by atoms with van der Waals surface area (Å²) in [6.07, 6.45) is -0.165. The summed E-state index contributed by atoms with van der Waals surface area (Å²) in [6.45, 7) is 0. The Bertz CT molecular complexity index is 998. The van der Waals surface area contributed by atoms with E-state index in [2.05, 4.69) is 5.32 Å². The number of carboxylic acid groups (broad SMARTS) is 1. The second-order valence-electron chi connectivity index (χ2n) is 6.79. The predicted molar refractivity (Wildman–Crippen MR) is 111 cm³/mol. The number of benzene rings is 3. The Kier molecular flexibility index (Phi) is 6.54. The van der Waals surface area contributed by atoms with Gasteiger partial charge in [-0.1, -0.05) is 72.8 Å². The number of amides is 1. The molecule has 0 saturated heterocycles. The molecule has 0 unspecified atom stereocenters. The Balaban J connectivity index is 1.87. The minimum atomic E-state index is -1.21. The van der Waals surface area contributed by atoms with Crippen LogP contribution in [0.25, 0.3) is 0 Å². The summed E-state index contributed by atoms with van der Waals surface area (Å²) in [7, 11) is 0. The average molecular weight is 404 g/mol. The molecule has 2 N–H and O–H groups in total. The van der Waals surface area contributed by atoms with Crippen molar-refractivity contribution in [3.8, 4) is 0 Å². The van der Waals surface area contributed by atoms with Crippen LogP contribution in [0.3, 0.4) is 0 Å². The molecule has 3 rings (SSSR count). The summed E-state index contributed by atoms with van der Waals surface area (Å²) in [4.78, 5) is 35.1. The topological polar surface area (TPSA) is 110 Å². The molecule has 0 fully saturated rings. The van der Waals surface area contributed by atoms with Crippen molar-refractivity contribution >= 4 is 17.6 Å². The van der Waals surface area contributed by atoms with Crippen LogP contribution >= 0.6 is 0 Å². The first-order valence-corrected chi connectivity index (χ1v) is 9.31. The van der Waals surface area contributed by atoms with Crippen LogP contribution in [0.1, 0.15) is 22.6 Å².